The molecule has 0 unspecified atom stereocenters. The van der Waals surface area contributed by atoms with Crippen LogP contribution in [0.4, 0.5) is 4.79 Å². The van der Waals surface area contributed by atoms with Gasteiger partial charge >= 0.3 is 6.03 Å². The summed E-state index contributed by atoms with van der Waals surface area (Å²) in [4.78, 5) is 43.3. The maximum atomic E-state index is 13.8. The zero-order chi connectivity index (χ0) is 24.4. The molecule has 180 valence electrons. The van der Waals surface area contributed by atoms with Crippen molar-refractivity contribution >= 4 is 17.8 Å². The van der Waals surface area contributed by atoms with Gasteiger partial charge in [-0.3, -0.25) is 14.5 Å². The van der Waals surface area contributed by atoms with E-state index in [0.717, 1.165) is 16.7 Å². The number of carbonyl (C=O) groups excluding carboxylic acids is 3. The van der Waals surface area contributed by atoms with Crippen LogP contribution in [0.5, 0.6) is 0 Å². The van der Waals surface area contributed by atoms with E-state index in [1.165, 1.54) is 0 Å². The van der Waals surface area contributed by atoms with Crippen LogP contribution in [0.3, 0.4) is 0 Å². The number of aryl methyl sites for hydroxylation is 2. The van der Waals surface area contributed by atoms with E-state index in [2.05, 4.69) is 30.5 Å². The predicted octanol–water partition coefficient (Wildman–Crippen LogP) is 3.67. The third-order valence-electron chi connectivity index (χ3n) is 6.36. The number of hydrogen-bond acceptors (Lipinski definition) is 3. The van der Waals surface area contributed by atoms with Gasteiger partial charge in [0.05, 0.1) is 23.9 Å². The van der Waals surface area contributed by atoms with Crippen LogP contribution in [0.1, 0.15) is 63.8 Å². The number of carbonyl (C=O) groups is 3. The first kappa shape index (κ1) is 24.8. The molecule has 0 spiro atoms. The molecule has 1 aromatic rings. The van der Waals surface area contributed by atoms with Crippen molar-refractivity contribution < 1.29 is 14.4 Å². The van der Waals surface area contributed by atoms with Crippen molar-refractivity contribution in [3.8, 4) is 0 Å². The first-order valence-electron chi connectivity index (χ1n) is 12.0. The lowest BCUT2D eigenvalue weighted by atomic mass is 9.91. The molecule has 7 nitrogen and oxygen atoms in total. The maximum absolute atomic E-state index is 13.8. The highest BCUT2D eigenvalue weighted by atomic mass is 16.2. The van der Waals surface area contributed by atoms with Crippen molar-refractivity contribution in [1.82, 2.24) is 20.4 Å². The van der Waals surface area contributed by atoms with Gasteiger partial charge in [0.2, 0.25) is 5.91 Å². The minimum atomic E-state index is -0.574. The minimum Gasteiger partial charge on any atom is -0.354 e. The Balaban J connectivity index is 2.00. The zero-order valence-electron chi connectivity index (χ0n) is 21.0. The van der Waals surface area contributed by atoms with Crippen LogP contribution in [0.15, 0.2) is 29.5 Å². The van der Waals surface area contributed by atoms with Gasteiger partial charge in [-0.1, -0.05) is 51.5 Å². The van der Waals surface area contributed by atoms with E-state index in [0.29, 0.717) is 36.7 Å². The lowest BCUT2D eigenvalue weighted by Gasteiger charge is -2.33. The van der Waals surface area contributed by atoms with Gasteiger partial charge in [0.25, 0.3) is 5.91 Å². The van der Waals surface area contributed by atoms with Crippen LogP contribution in [-0.2, 0) is 9.59 Å². The highest BCUT2D eigenvalue weighted by Crippen LogP contribution is 2.38. The van der Waals surface area contributed by atoms with Crippen LogP contribution in [0.25, 0.3) is 0 Å². The summed E-state index contributed by atoms with van der Waals surface area (Å²) >= 11 is 0. The second kappa shape index (κ2) is 9.98. The summed E-state index contributed by atoms with van der Waals surface area (Å²) in [6, 6.07) is 4.74. The number of likely N-dealkylation sites (N-methyl/N-ethyl adjacent to an activating group) is 1. The highest BCUT2D eigenvalue weighted by molar-refractivity contribution is 6.03. The number of nitrogens with one attached hydrogen (secondary N) is 2. The summed E-state index contributed by atoms with van der Waals surface area (Å²) in [5.41, 5.74) is 4.35. The molecule has 33 heavy (non-hydrogen) atoms. The quantitative estimate of drug-likeness (QED) is 0.629. The molecule has 4 amide bonds. The van der Waals surface area contributed by atoms with Crippen LogP contribution >= 0.6 is 0 Å². The second-order valence-electron chi connectivity index (χ2n) is 10.1. The molecule has 2 aliphatic rings. The van der Waals surface area contributed by atoms with E-state index in [-0.39, 0.29) is 30.3 Å². The molecule has 0 saturated carbocycles. The molecule has 0 aromatic heterocycles. The fourth-order valence-corrected chi connectivity index (χ4v) is 4.73. The minimum absolute atomic E-state index is 0.129. The van der Waals surface area contributed by atoms with Crippen LogP contribution in [0, 0.1) is 25.7 Å². The SMILES string of the molecule is CCN1C(=O)N[C@@H](c2ccc(C)cc2C)C2=C1CN([C@@H](CC(C)C)C(=O)NCC(C)C)C2=O. The largest absolute Gasteiger partial charge is 0.354 e. The number of nitrogens with zero attached hydrogens (tertiary/aromatic N) is 2. The van der Waals surface area contributed by atoms with Gasteiger partial charge in [0.15, 0.2) is 0 Å². The van der Waals surface area contributed by atoms with Crippen LogP contribution < -0.4 is 10.6 Å². The molecule has 2 aliphatic heterocycles. The van der Waals surface area contributed by atoms with Gasteiger partial charge < -0.3 is 15.5 Å². The fourth-order valence-electron chi connectivity index (χ4n) is 4.73. The first-order valence-corrected chi connectivity index (χ1v) is 12.0. The van der Waals surface area contributed by atoms with Gasteiger partial charge in [-0.15, -0.1) is 0 Å². The summed E-state index contributed by atoms with van der Waals surface area (Å²) in [6.45, 7) is 15.4. The number of urea groups is 1. The standard InChI is InChI=1S/C26H38N4O3/c1-8-29-21-14-30(20(11-15(2)3)24(31)27-13-16(4)5)25(32)22(21)23(28-26(29)33)19-10-9-17(6)12-18(19)7/h9-10,12,15-16,20,23H,8,11,13-14H2,1-7H3,(H,27,31)(H,28,33)/t20-,23-/m0/s1. The van der Waals surface area contributed by atoms with E-state index in [4.69, 9.17) is 0 Å². The van der Waals surface area contributed by atoms with Crippen LogP contribution in [-0.4, -0.2) is 53.3 Å². The Morgan fingerprint density at radius 3 is 2.42 bits per heavy atom. The zero-order valence-corrected chi connectivity index (χ0v) is 21.0. The smallest absolute Gasteiger partial charge is 0.322 e. The molecule has 2 N–H and O–H groups in total. The number of hydrogen-bond donors (Lipinski definition) is 2. The summed E-state index contributed by atoms with van der Waals surface area (Å²) in [6.07, 6.45) is 0.567. The summed E-state index contributed by atoms with van der Waals surface area (Å²) in [7, 11) is 0. The Morgan fingerprint density at radius 1 is 1.15 bits per heavy atom. The van der Waals surface area contributed by atoms with Crippen molar-refractivity contribution in [3.63, 3.8) is 0 Å². The summed E-state index contributed by atoms with van der Waals surface area (Å²) in [5.74, 6) is 0.262. The normalized spacial score (nSPS) is 19.4. The Labute approximate surface area is 197 Å². The third kappa shape index (κ3) is 5.07. The molecule has 7 heteroatoms. The van der Waals surface area contributed by atoms with E-state index in [9.17, 15) is 14.4 Å². The molecule has 3 rings (SSSR count). The van der Waals surface area contributed by atoms with E-state index < -0.39 is 12.1 Å². The molecular weight excluding hydrogens is 416 g/mol. The molecule has 0 saturated heterocycles. The topological polar surface area (TPSA) is 81.8 Å². The van der Waals surface area contributed by atoms with Crippen LogP contribution in [0.2, 0.25) is 0 Å². The Bertz CT molecular complexity index is 966. The Kier molecular flexibility index (Phi) is 7.50. The van der Waals surface area contributed by atoms with Gasteiger partial charge in [-0.2, -0.15) is 0 Å². The third-order valence-corrected chi connectivity index (χ3v) is 6.36. The lowest BCUT2D eigenvalue weighted by Crippen LogP contribution is -2.50. The Hall–Kier alpha value is -2.83. The summed E-state index contributed by atoms with van der Waals surface area (Å²) < 4.78 is 0. The van der Waals surface area contributed by atoms with Crippen molar-refractivity contribution in [2.24, 2.45) is 11.8 Å². The van der Waals surface area contributed by atoms with E-state index >= 15 is 0 Å². The van der Waals surface area contributed by atoms with Gasteiger partial charge in [0, 0.05) is 13.1 Å². The monoisotopic (exact) mass is 454 g/mol. The average molecular weight is 455 g/mol. The Morgan fingerprint density at radius 2 is 1.85 bits per heavy atom. The van der Waals surface area contributed by atoms with E-state index in [1.807, 2.05) is 46.8 Å². The lowest BCUT2D eigenvalue weighted by molar-refractivity contribution is -0.137. The number of rotatable bonds is 8. The van der Waals surface area contributed by atoms with E-state index in [1.54, 1.807) is 9.80 Å². The molecular formula is C26H38N4O3. The summed E-state index contributed by atoms with van der Waals surface area (Å²) in [5, 5.41) is 6.06. The molecule has 0 fully saturated rings. The van der Waals surface area contributed by atoms with Crippen molar-refractivity contribution in [2.45, 2.75) is 67.0 Å². The number of benzene rings is 1. The maximum Gasteiger partial charge on any atom is 0.322 e. The van der Waals surface area contributed by atoms with Crippen molar-refractivity contribution in [2.75, 3.05) is 19.6 Å². The van der Waals surface area contributed by atoms with Gasteiger partial charge in [0.1, 0.15) is 6.04 Å². The highest BCUT2D eigenvalue weighted by Gasteiger charge is 2.47. The predicted molar refractivity (Wildman–Crippen MR) is 129 cm³/mol. The average Bonchev–Trinajstić information content (AvgIpc) is 3.06. The van der Waals surface area contributed by atoms with Crippen molar-refractivity contribution in [1.29, 1.82) is 0 Å². The molecule has 2 atom stereocenters. The number of amides is 4. The molecule has 0 radical (unpaired) electrons. The van der Waals surface area contributed by atoms with Gasteiger partial charge in [-0.25, -0.2) is 4.79 Å². The molecule has 0 bridgehead atoms. The fraction of sp³-hybridized carbons (Fsp3) is 0.577. The second-order valence-corrected chi connectivity index (χ2v) is 10.1. The molecule has 2 heterocycles. The molecule has 0 aliphatic carbocycles. The van der Waals surface area contributed by atoms with Gasteiger partial charge in [-0.05, 0) is 50.2 Å². The molecule has 1 aromatic carbocycles. The van der Waals surface area contributed by atoms with Crippen molar-refractivity contribution in [3.05, 3.63) is 46.2 Å². The first-order chi connectivity index (χ1) is 15.5.